The molecule has 1 aromatic carbocycles. The summed E-state index contributed by atoms with van der Waals surface area (Å²) in [5, 5.41) is 15.1. The first-order valence-electron chi connectivity index (χ1n) is 7.68. The third kappa shape index (κ3) is 2.84. The zero-order valence-corrected chi connectivity index (χ0v) is 13.9. The van der Waals surface area contributed by atoms with Gasteiger partial charge in [-0.1, -0.05) is 18.2 Å². The van der Waals surface area contributed by atoms with Crippen LogP contribution in [0.5, 0.6) is 5.75 Å². The van der Waals surface area contributed by atoms with E-state index in [-0.39, 0.29) is 11.3 Å². The molecule has 0 atom stereocenters. The Bertz CT molecular complexity index is 830. The molecule has 0 saturated heterocycles. The van der Waals surface area contributed by atoms with Crippen molar-refractivity contribution in [2.45, 2.75) is 33.2 Å². The Morgan fingerprint density at radius 1 is 0.957 bits per heavy atom. The lowest BCUT2D eigenvalue weighted by molar-refractivity contribution is 0.345. The fourth-order valence-electron chi connectivity index (χ4n) is 2.73. The van der Waals surface area contributed by atoms with Crippen molar-refractivity contribution in [3.8, 4) is 28.1 Å². The lowest BCUT2D eigenvalue weighted by Crippen LogP contribution is -2.24. The van der Waals surface area contributed by atoms with E-state index in [0.29, 0.717) is 5.69 Å². The van der Waals surface area contributed by atoms with E-state index < -0.39 is 0 Å². The predicted octanol–water partition coefficient (Wildman–Crippen LogP) is 4.38. The Morgan fingerprint density at radius 2 is 1.61 bits per heavy atom. The van der Waals surface area contributed by atoms with Crippen molar-refractivity contribution in [1.29, 1.82) is 0 Å². The summed E-state index contributed by atoms with van der Waals surface area (Å²) in [4.78, 5) is 4.05. The third-order valence-electron chi connectivity index (χ3n) is 3.87. The summed E-state index contributed by atoms with van der Waals surface area (Å²) in [6, 6.07) is 12.0. The summed E-state index contributed by atoms with van der Waals surface area (Å²) in [6.45, 7) is 8.11. The Morgan fingerprint density at radius 3 is 2.22 bits per heavy atom. The van der Waals surface area contributed by atoms with Crippen LogP contribution in [0, 0.1) is 6.92 Å². The van der Waals surface area contributed by atoms with Gasteiger partial charge in [0, 0.05) is 18.0 Å². The van der Waals surface area contributed by atoms with Crippen molar-refractivity contribution in [2.75, 3.05) is 0 Å². The van der Waals surface area contributed by atoms with Gasteiger partial charge in [0.05, 0.1) is 11.2 Å². The van der Waals surface area contributed by atoms with Crippen LogP contribution >= 0.6 is 0 Å². The minimum absolute atomic E-state index is 0.178. The van der Waals surface area contributed by atoms with Gasteiger partial charge in [-0.05, 0) is 57.0 Å². The van der Waals surface area contributed by atoms with Gasteiger partial charge >= 0.3 is 0 Å². The first-order valence-corrected chi connectivity index (χ1v) is 7.68. The fourth-order valence-corrected chi connectivity index (χ4v) is 2.73. The van der Waals surface area contributed by atoms with Crippen molar-refractivity contribution in [3.05, 3.63) is 54.5 Å². The van der Waals surface area contributed by atoms with Crippen molar-refractivity contribution in [2.24, 2.45) is 0 Å². The second kappa shape index (κ2) is 5.54. The number of nitrogens with zero attached hydrogens (tertiary/aromatic N) is 3. The minimum Gasteiger partial charge on any atom is -0.504 e. The van der Waals surface area contributed by atoms with Crippen molar-refractivity contribution in [3.63, 3.8) is 0 Å². The Labute approximate surface area is 136 Å². The maximum absolute atomic E-state index is 10.5. The van der Waals surface area contributed by atoms with Gasteiger partial charge in [0.1, 0.15) is 5.69 Å². The van der Waals surface area contributed by atoms with Crippen LogP contribution in [0.4, 0.5) is 0 Å². The number of hydrogen-bond acceptors (Lipinski definition) is 3. The number of rotatable bonds is 2. The quantitative estimate of drug-likeness (QED) is 0.764. The Kier molecular flexibility index (Phi) is 3.68. The lowest BCUT2D eigenvalue weighted by atomic mass is 10.0. The molecule has 0 aliphatic carbocycles. The topological polar surface area (TPSA) is 50.9 Å². The molecule has 3 aromatic rings. The van der Waals surface area contributed by atoms with Crippen LogP contribution in [0.25, 0.3) is 22.4 Å². The molecule has 0 bridgehead atoms. The van der Waals surface area contributed by atoms with Crippen LogP contribution in [0.15, 0.2) is 48.8 Å². The second-order valence-electron chi connectivity index (χ2n) is 6.68. The van der Waals surface area contributed by atoms with E-state index >= 15 is 0 Å². The normalized spacial score (nSPS) is 11.7. The molecule has 23 heavy (non-hydrogen) atoms. The van der Waals surface area contributed by atoms with Crippen molar-refractivity contribution < 1.29 is 5.11 Å². The summed E-state index contributed by atoms with van der Waals surface area (Å²) in [5.41, 5.74) is 4.29. The smallest absolute Gasteiger partial charge is 0.164 e. The largest absolute Gasteiger partial charge is 0.504 e. The average Bonchev–Trinajstić information content (AvgIpc) is 2.84. The molecule has 4 nitrogen and oxygen atoms in total. The van der Waals surface area contributed by atoms with E-state index in [0.717, 1.165) is 22.4 Å². The van der Waals surface area contributed by atoms with Crippen LogP contribution in [-0.4, -0.2) is 19.9 Å². The molecular formula is C19H21N3O. The van der Waals surface area contributed by atoms with Gasteiger partial charge in [-0.15, -0.1) is 0 Å². The van der Waals surface area contributed by atoms with Gasteiger partial charge in [0.2, 0.25) is 0 Å². The van der Waals surface area contributed by atoms with E-state index in [2.05, 4.69) is 30.9 Å². The number of aromatic hydroxyl groups is 1. The highest BCUT2D eigenvalue weighted by molar-refractivity contribution is 5.74. The molecule has 3 rings (SSSR count). The van der Waals surface area contributed by atoms with Gasteiger partial charge < -0.3 is 5.11 Å². The first-order chi connectivity index (χ1) is 10.9. The minimum atomic E-state index is -0.178. The van der Waals surface area contributed by atoms with Gasteiger partial charge in [-0.3, -0.25) is 9.67 Å². The molecule has 2 heterocycles. The van der Waals surface area contributed by atoms with Gasteiger partial charge in [-0.2, -0.15) is 5.10 Å². The van der Waals surface area contributed by atoms with Gasteiger partial charge in [-0.25, -0.2) is 0 Å². The van der Waals surface area contributed by atoms with Gasteiger partial charge in [0.25, 0.3) is 0 Å². The monoisotopic (exact) mass is 307 g/mol. The molecule has 0 aliphatic heterocycles. The molecule has 1 N–H and O–H groups in total. The second-order valence-corrected chi connectivity index (χ2v) is 6.68. The van der Waals surface area contributed by atoms with Crippen LogP contribution in [0.2, 0.25) is 0 Å². The Balaban J connectivity index is 2.10. The zero-order chi connectivity index (χ0) is 16.6. The van der Waals surface area contributed by atoms with Crippen LogP contribution in [0.1, 0.15) is 26.5 Å². The van der Waals surface area contributed by atoms with E-state index in [1.165, 1.54) is 0 Å². The number of aromatic nitrogens is 3. The molecule has 0 amide bonds. The van der Waals surface area contributed by atoms with E-state index in [1.54, 1.807) is 12.4 Å². The van der Waals surface area contributed by atoms with E-state index in [1.807, 2.05) is 48.0 Å². The Hall–Kier alpha value is -2.62. The molecule has 0 saturated carbocycles. The van der Waals surface area contributed by atoms with Crippen LogP contribution in [-0.2, 0) is 5.54 Å². The first kappa shape index (κ1) is 15.3. The predicted molar refractivity (Wildman–Crippen MR) is 92.3 cm³/mol. The van der Waals surface area contributed by atoms with Crippen molar-refractivity contribution in [1.82, 2.24) is 14.8 Å². The highest BCUT2D eigenvalue weighted by Crippen LogP contribution is 2.35. The fraction of sp³-hybridized carbons (Fsp3) is 0.263. The van der Waals surface area contributed by atoms with E-state index in [4.69, 9.17) is 0 Å². The highest BCUT2D eigenvalue weighted by Gasteiger charge is 2.23. The molecule has 0 aliphatic rings. The summed E-state index contributed by atoms with van der Waals surface area (Å²) >= 11 is 0. The number of hydrogen-bond donors (Lipinski definition) is 1. The van der Waals surface area contributed by atoms with Gasteiger partial charge in [0.15, 0.2) is 5.75 Å². The molecule has 118 valence electrons. The molecule has 4 heteroatoms. The zero-order valence-electron chi connectivity index (χ0n) is 13.9. The maximum atomic E-state index is 10.5. The summed E-state index contributed by atoms with van der Waals surface area (Å²) in [6.07, 6.45) is 3.55. The maximum Gasteiger partial charge on any atom is 0.164 e. The van der Waals surface area contributed by atoms with Crippen LogP contribution < -0.4 is 0 Å². The highest BCUT2D eigenvalue weighted by atomic mass is 16.3. The standard InChI is InChI=1S/C19H21N3O/c1-13-18(23)17(21-22(13)19(2,3)4)16-7-5-6-15(12-16)14-8-10-20-11-9-14/h5-12,23H,1-4H3. The molecule has 0 radical (unpaired) electrons. The molecule has 0 fully saturated rings. The third-order valence-corrected chi connectivity index (χ3v) is 3.87. The SMILES string of the molecule is Cc1c(O)c(-c2cccc(-c3ccncc3)c2)nn1C(C)(C)C. The average molecular weight is 307 g/mol. The number of benzene rings is 1. The lowest BCUT2D eigenvalue weighted by Gasteiger charge is -2.20. The molecule has 0 spiro atoms. The molecular weight excluding hydrogens is 286 g/mol. The number of pyridine rings is 1. The summed E-state index contributed by atoms with van der Waals surface area (Å²) in [5.74, 6) is 0.242. The summed E-state index contributed by atoms with van der Waals surface area (Å²) in [7, 11) is 0. The molecule has 2 aromatic heterocycles. The van der Waals surface area contributed by atoms with Crippen LogP contribution in [0.3, 0.4) is 0 Å². The van der Waals surface area contributed by atoms with Crippen molar-refractivity contribution >= 4 is 0 Å². The summed E-state index contributed by atoms with van der Waals surface area (Å²) < 4.78 is 1.87. The molecule has 0 unspecified atom stereocenters. The van der Waals surface area contributed by atoms with E-state index in [9.17, 15) is 5.11 Å².